The van der Waals surface area contributed by atoms with E-state index < -0.39 is 11.8 Å². The third-order valence-electron chi connectivity index (χ3n) is 2.46. The summed E-state index contributed by atoms with van der Waals surface area (Å²) in [5, 5.41) is 2.90. The molecular formula is C12H8F2N2O2. The fourth-order valence-corrected chi connectivity index (χ4v) is 1.63. The van der Waals surface area contributed by atoms with Crippen LogP contribution in [0.4, 0.5) is 20.2 Å². The van der Waals surface area contributed by atoms with Crippen LogP contribution in [-0.2, 0) is 0 Å². The van der Waals surface area contributed by atoms with Crippen molar-refractivity contribution >= 4 is 11.4 Å². The second kappa shape index (κ2) is 4.14. The van der Waals surface area contributed by atoms with Gasteiger partial charge < -0.3 is 14.8 Å². The molecule has 0 spiro atoms. The van der Waals surface area contributed by atoms with Gasteiger partial charge in [0.05, 0.1) is 11.9 Å². The molecule has 1 N–H and O–H groups in total. The SMILES string of the molecule is Fc1cc(Nc2ccc3c(c2)OCO3)cnc1F. The molecule has 0 aliphatic carbocycles. The smallest absolute Gasteiger partial charge is 0.249 e. The number of pyridine rings is 1. The van der Waals surface area contributed by atoms with Crippen LogP contribution in [0.2, 0.25) is 0 Å². The molecular weight excluding hydrogens is 242 g/mol. The van der Waals surface area contributed by atoms with Gasteiger partial charge in [-0.1, -0.05) is 0 Å². The summed E-state index contributed by atoms with van der Waals surface area (Å²) in [6, 6.07) is 6.23. The highest BCUT2D eigenvalue weighted by Crippen LogP contribution is 2.35. The molecule has 0 fully saturated rings. The Morgan fingerprint density at radius 1 is 1.06 bits per heavy atom. The predicted molar refractivity (Wildman–Crippen MR) is 60.0 cm³/mol. The van der Waals surface area contributed by atoms with Crippen molar-refractivity contribution in [2.75, 3.05) is 12.1 Å². The highest BCUT2D eigenvalue weighted by molar-refractivity contribution is 5.63. The zero-order chi connectivity index (χ0) is 12.5. The van der Waals surface area contributed by atoms with Crippen molar-refractivity contribution in [2.45, 2.75) is 0 Å². The predicted octanol–water partition coefficient (Wildman–Crippen LogP) is 2.83. The lowest BCUT2D eigenvalue weighted by atomic mass is 10.2. The summed E-state index contributed by atoms with van der Waals surface area (Å²) >= 11 is 0. The second-order valence-electron chi connectivity index (χ2n) is 3.69. The Hall–Kier alpha value is -2.37. The molecule has 1 aromatic carbocycles. The van der Waals surface area contributed by atoms with Crippen molar-refractivity contribution in [3.8, 4) is 11.5 Å². The molecule has 1 aromatic heterocycles. The number of ether oxygens (including phenoxy) is 2. The fourth-order valence-electron chi connectivity index (χ4n) is 1.63. The first-order chi connectivity index (χ1) is 8.72. The van der Waals surface area contributed by atoms with E-state index in [9.17, 15) is 8.78 Å². The van der Waals surface area contributed by atoms with Crippen LogP contribution in [0, 0.1) is 11.8 Å². The quantitative estimate of drug-likeness (QED) is 0.832. The van der Waals surface area contributed by atoms with Gasteiger partial charge in [0, 0.05) is 17.8 Å². The maximum absolute atomic E-state index is 13.0. The molecule has 92 valence electrons. The number of hydrogen-bond acceptors (Lipinski definition) is 4. The lowest BCUT2D eigenvalue weighted by Crippen LogP contribution is -1.95. The number of nitrogens with zero attached hydrogens (tertiary/aromatic N) is 1. The zero-order valence-electron chi connectivity index (χ0n) is 9.11. The van der Waals surface area contributed by atoms with E-state index in [1.54, 1.807) is 18.2 Å². The van der Waals surface area contributed by atoms with Gasteiger partial charge in [-0.3, -0.25) is 0 Å². The molecule has 1 aliphatic heterocycles. The van der Waals surface area contributed by atoms with Crippen LogP contribution >= 0.6 is 0 Å². The van der Waals surface area contributed by atoms with Crippen molar-refractivity contribution < 1.29 is 18.3 Å². The van der Waals surface area contributed by atoms with Gasteiger partial charge in [0.2, 0.25) is 12.7 Å². The van der Waals surface area contributed by atoms with Crippen molar-refractivity contribution in [1.82, 2.24) is 4.98 Å². The normalized spacial score (nSPS) is 12.6. The zero-order valence-corrected chi connectivity index (χ0v) is 9.11. The van der Waals surface area contributed by atoms with E-state index in [-0.39, 0.29) is 6.79 Å². The number of rotatable bonds is 2. The Bertz CT molecular complexity index is 605. The highest BCUT2D eigenvalue weighted by Gasteiger charge is 2.13. The van der Waals surface area contributed by atoms with E-state index >= 15 is 0 Å². The maximum Gasteiger partial charge on any atom is 0.249 e. The third-order valence-corrected chi connectivity index (χ3v) is 2.46. The molecule has 0 unspecified atom stereocenters. The molecule has 0 saturated carbocycles. The molecule has 0 amide bonds. The lowest BCUT2D eigenvalue weighted by Gasteiger charge is -2.07. The Kier molecular flexibility index (Phi) is 2.47. The van der Waals surface area contributed by atoms with Crippen molar-refractivity contribution in [1.29, 1.82) is 0 Å². The first-order valence-electron chi connectivity index (χ1n) is 5.20. The molecule has 3 rings (SSSR count). The first kappa shape index (κ1) is 10.8. The Labute approximate surface area is 101 Å². The summed E-state index contributed by atoms with van der Waals surface area (Å²) in [7, 11) is 0. The number of nitrogens with one attached hydrogen (secondary N) is 1. The minimum Gasteiger partial charge on any atom is -0.454 e. The number of aromatic nitrogens is 1. The maximum atomic E-state index is 13.0. The van der Waals surface area contributed by atoms with Gasteiger partial charge in [-0.15, -0.1) is 0 Å². The summed E-state index contributed by atoms with van der Waals surface area (Å²) in [5.74, 6) is -0.855. The standard InChI is InChI=1S/C12H8F2N2O2/c13-9-3-8(5-15-12(9)14)16-7-1-2-10-11(4-7)18-6-17-10/h1-5,16H,6H2. The highest BCUT2D eigenvalue weighted by atomic mass is 19.2. The molecule has 2 heterocycles. The summed E-state index contributed by atoms with van der Waals surface area (Å²) < 4.78 is 36.0. The van der Waals surface area contributed by atoms with E-state index in [0.29, 0.717) is 22.9 Å². The van der Waals surface area contributed by atoms with Crippen LogP contribution in [0.5, 0.6) is 11.5 Å². The van der Waals surface area contributed by atoms with Gasteiger partial charge in [-0.25, -0.2) is 9.37 Å². The van der Waals surface area contributed by atoms with Crippen molar-refractivity contribution in [3.63, 3.8) is 0 Å². The largest absolute Gasteiger partial charge is 0.454 e. The van der Waals surface area contributed by atoms with Gasteiger partial charge in [-0.2, -0.15) is 4.39 Å². The van der Waals surface area contributed by atoms with Gasteiger partial charge >= 0.3 is 0 Å². The molecule has 4 nitrogen and oxygen atoms in total. The minimum absolute atomic E-state index is 0.186. The van der Waals surface area contributed by atoms with Crippen LogP contribution in [0.1, 0.15) is 0 Å². The van der Waals surface area contributed by atoms with E-state index in [1.807, 2.05) is 0 Å². The second-order valence-corrected chi connectivity index (χ2v) is 3.69. The first-order valence-corrected chi connectivity index (χ1v) is 5.20. The summed E-state index contributed by atoms with van der Waals surface area (Å²) in [5.41, 5.74) is 1.03. The Balaban J connectivity index is 1.85. The molecule has 1 aliphatic rings. The average molecular weight is 250 g/mol. The topological polar surface area (TPSA) is 43.4 Å². The molecule has 0 atom stereocenters. The van der Waals surface area contributed by atoms with Gasteiger partial charge in [0.15, 0.2) is 17.3 Å². The molecule has 0 radical (unpaired) electrons. The van der Waals surface area contributed by atoms with Gasteiger partial charge in [0.1, 0.15) is 0 Å². The van der Waals surface area contributed by atoms with E-state index in [1.165, 1.54) is 6.20 Å². The monoisotopic (exact) mass is 250 g/mol. The van der Waals surface area contributed by atoms with Crippen LogP contribution < -0.4 is 14.8 Å². The number of anilines is 2. The van der Waals surface area contributed by atoms with Crippen LogP contribution in [0.25, 0.3) is 0 Å². The Morgan fingerprint density at radius 2 is 1.89 bits per heavy atom. The summed E-state index contributed by atoms with van der Waals surface area (Å²) in [6.45, 7) is 0.186. The summed E-state index contributed by atoms with van der Waals surface area (Å²) in [4.78, 5) is 3.29. The van der Waals surface area contributed by atoms with Crippen LogP contribution in [-0.4, -0.2) is 11.8 Å². The number of hydrogen-bond donors (Lipinski definition) is 1. The number of benzene rings is 1. The van der Waals surface area contributed by atoms with Crippen LogP contribution in [0.15, 0.2) is 30.5 Å². The van der Waals surface area contributed by atoms with Crippen molar-refractivity contribution in [3.05, 3.63) is 42.2 Å². The van der Waals surface area contributed by atoms with E-state index in [2.05, 4.69) is 10.3 Å². The Morgan fingerprint density at radius 3 is 2.72 bits per heavy atom. The molecule has 0 saturated heterocycles. The van der Waals surface area contributed by atoms with E-state index in [0.717, 1.165) is 6.07 Å². The molecule has 6 heteroatoms. The number of halogens is 2. The third kappa shape index (κ3) is 1.92. The van der Waals surface area contributed by atoms with E-state index in [4.69, 9.17) is 9.47 Å². The van der Waals surface area contributed by atoms with Gasteiger partial charge in [-0.05, 0) is 12.1 Å². The molecule has 0 bridgehead atoms. The average Bonchev–Trinajstić information content (AvgIpc) is 2.81. The lowest BCUT2D eigenvalue weighted by molar-refractivity contribution is 0.174. The fraction of sp³-hybridized carbons (Fsp3) is 0.0833. The van der Waals surface area contributed by atoms with Crippen molar-refractivity contribution in [2.24, 2.45) is 0 Å². The molecule has 18 heavy (non-hydrogen) atoms. The minimum atomic E-state index is -1.12. The van der Waals surface area contributed by atoms with Crippen LogP contribution in [0.3, 0.4) is 0 Å². The number of fused-ring (bicyclic) bond motifs is 1. The van der Waals surface area contributed by atoms with Gasteiger partial charge in [0.25, 0.3) is 0 Å². The summed E-state index contributed by atoms with van der Waals surface area (Å²) in [6.07, 6.45) is 1.21. The molecule has 2 aromatic rings.